The molecule has 1 heterocycles. The van der Waals surface area contributed by atoms with E-state index in [0.717, 1.165) is 6.07 Å². The molecule has 0 aromatic heterocycles. The maximum absolute atomic E-state index is 13.8. The van der Waals surface area contributed by atoms with Crippen molar-refractivity contribution in [3.63, 3.8) is 0 Å². The van der Waals surface area contributed by atoms with Crippen LogP contribution in [0.25, 0.3) is 0 Å². The summed E-state index contributed by atoms with van der Waals surface area (Å²) in [4.78, 5) is 24.0. The SMILES string of the molecule is CC(=O)c1ccc(N2CC[C@H](N)C2=O)c(F)c1. The van der Waals surface area contributed by atoms with Crippen molar-refractivity contribution in [3.05, 3.63) is 29.6 Å². The van der Waals surface area contributed by atoms with Crippen LogP contribution >= 0.6 is 0 Å². The molecule has 0 spiro atoms. The third-order valence-corrected chi connectivity index (χ3v) is 2.89. The van der Waals surface area contributed by atoms with Crippen LogP contribution in [0.4, 0.5) is 10.1 Å². The van der Waals surface area contributed by atoms with Crippen LogP contribution in [0, 0.1) is 5.82 Å². The van der Waals surface area contributed by atoms with E-state index in [4.69, 9.17) is 5.73 Å². The molecule has 90 valence electrons. The Bertz CT molecular complexity index is 487. The lowest BCUT2D eigenvalue weighted by atomic mass is 10.1. The van der Waals surface area contributed by atoms with Crippen molar-refractivity contribution in [2.75, 3.05) is 11.4 Å². The van der Waals surface area contributed by atoms with Gasteiger partial charge in [-0.3, -0.25) is 9.59 Å². The molecule has 0 radical (unpaired) electrons. The van der Waals surface area contributed by atoms with E-state index in [9.17, 15) is 14.0 Å². The molecule has 0 unspecified atom stereocenters. The summed E-state index contributed by atoms with van der Waals surface area (Å²) >= 11 is 0. The Morgan fingerprint density at radius 1 is 1.53 bits per heavy atom. The second kappa shape index (κ2) is 4.25. The Balaban J connectivity index is 2.34. The molecule has 2 rings (SSSR count). The average molecular weight is 236 g/mol. The normalized spacial score (nSPS) is 19.8. The van der Waals surface area contributed by atoms with E-state index >= 15 is 0 Å². The molecule has 2 N–H and O–H groups in total. The van der Waals surface area contributed by atoms with Crippen molar-refractivity contribution >= 4 is 17.4 Å². The highest BCUT2D eigenvalue weighted by molar-refractivity contribution is 6.00. The number of carbonyl (C=O) groups is 2. The molecule has 1 aromatic carbocycles. The van der Waals surface area contributed by atoms with Crippen LogP contribution in [0.5, 0.6) is 0 Å². The molecule has 17 heavy (non-hydrogen) atoms. The summed E-state index contributed by atoms with van der Waals surface area (Å²) in [6.45, 7) is 1.78. The van der Waals surface area contributed by atoms with E-state index in [-0.39, 0.29) is 17.4 Å². The Morgan fingerprint density at radius 2 is 2.24 bits per heavy atom. The van der Waals surface area contributed by atoms with Gasteiger partial charge in [-0.1, -0.05) is 0 Å². The van der Waals surface area contributed by atoms with E-state index in [0.29, 0.717) is 18.5 Å². The lowest BCUT2D eigenvalue weighted by Gasteiger charge is -2.17. The number of nitrogens with zero attached hydrogens (tertiary/aromatic N) is 1. The smallest absolute Gasteiger partial charge is 0.244 e. The standard InChI is InChI=1S/C12H13FN2O2/c1-7(16)8-2-3-11(9(13)6-8)15-5-4-10(14)12(15)17/h2-3,6,10H,4-5,14H2,1H3/t10-/m0/s1. The monoisotopic (exact) mass is 236 g/mol. The van der Waals surface area contributed by atoms with E-state index in [1.807, 2.05) is 0 Å². The fourth-order valence-corrected chi connectivity index (χ4v) is 1.89. The molecule has 0 saturated carbocycles. The predicted octanol–water partition coefficient (Wildman–Crippen LogP) is 1.09. The lowest BCUT2D eigenvalue weighted by Crippen LogP contribution is -2.34. The fourth-order valence-electron chi connectivity index (χ4n) is 1.89. The summed E-state index contributed by atoms with van der Waals surface area (Å²) in [5.74, 6) is -1.06. The number of Topliss-reactive ketones (excluding diaryl/α,β-unsaturated/α-hetero) is 1. The molecule has 1 aromatic rings. The molecule has 5 heteroatoms. The maximum Gasteiger partial charge on any atom is 0.244 e. The summed E-state index contributed by atoms with van der Waals surface area (Å²) in [5, 5.41) is 0. The van der Waals surface area contributed by atoms with Crippen LogP contribution in [0.15, 0.2) is 18.2 Å². The molecular weight excluding hydrogens is 223 g/mol. The number of carbonyl (C=O) groups excluding carboxylic acids is 2. The van der Waals surface area contributed by atoms with Gasteiger partial charge in [0.1, 0.15) is 5.82 Å². The van der Waals surface area contributed by atoms with Gasteiger partial charge in [0, 0.05) is 12.1 Å². The van der Waals surface area contributed by atoms with E-state index in [1.165, 1.54) is 24.0 Å². The number of ketones is 1. The van der Waals surface area contributed by atoms with Crippen molar-refractivity contribution in [1.29, 1.82) is 0 Å². The first-order valence-electron chi connectivity index (χ1n) is 5.38. The number of nitrogens with two attached hydrogens (primary N) is 1. The van der Waals surface area contributed by atoms with Gasteiger partial charge in [-0.25, -0.2) is 4.39 Å². The van der Waals surface area contributed by atoms with Crippen molar-refractivity contribution in [3.8, 4) is 0 Å². The van der Waals surface area contributed by atoms with Crippen LogP contribution in [-0.4, -0.2) is 24.3 Å². The number of amides is 1. The van der Waals surface area contributed by atoms with Crippen LogP contribution in [-0.2, 0) is 4.79 Å². The summed E-state index contributed by atoms with van der Waals surface area (Å²) < 4.78 is 13.8. The van der Waals surface area contributed by atoms with Gasteiger partial charge in [-0.05, 0) is 31.5 Å². The number of hydrogen-bond acceptors (Lipinski definition) is 3. The highest BCUT2D eigenvalue weighted by atomic mass is 19.1. The zero-order valence-electron chi connectivity index (χ0n) is 9.44. The van der Waals surface area contributed by atoms with Crippen LogP contribution < -0.4 is 10.6 Å². The number of anilines is 1. The first-order chi connectivity index (χ1) is 8.00. The van der Waals surface area contributed by atoms with Gasteiger partial charge in [-0.15, -0.1) is 0 Å². The second-order valence-electron chi connectivity index (χ2n) is 4.11. The third kappa shape index (κ3) is 2.06. The lowest BCUT2D eigenvalue weighted by molar-refractivity contribution is -0.118. The molecule has 0 aliphatic carbocycles. The Labute approximate surface area is 98.2 Å². The van der Waals surface area contributed by atoms with Gasteiger partial charge in [0.15, 0.2) is 5.78 Å². The molecule has 1 aliphatic heterocycles. The molecule has 1 saturated heterocycles. The van der Waals surface area contributed by atoms with Gasteiger partial charge in [0.05, 0.1) is 11.7 Å². The first kappa shape index (κ1) is 11.7. The molecule has 4 nitrogen and oxygen atoms in total. The van der Waals surface area contributed by atoms with Gasteiger partial charge in [-0.2, -0.15) is 0 Å². The van der Waals surface area contributed by atoms with Crippen molar-refractivity contribution in [2.24, 2.45) is 5.73 Å². The highest BCUT2D eigenvalue weighted by Crippen LogP contribution is 2.25. The molecule has 1 atom stereocenters. The Kier molecular flexibility index (Phi) is 2.93. The number of hydrogen-bond donors (Lipinski definition) is 1. The van der Waals surface area contributed by atoms with Gasteiger partial charge in [0.25, 0.3) is 0 Å². The number of halogens is 1. The van der Waals surface area contributed by atoms with Gasteiger partial charge in [0.2, 0.25) is 5.91 Å². The van der Waals surface area contributed by atoms with E-state index in [2.05, 4.69) is 0 Å². The van der Waals surface area contributed by atoms with Crippen molar-refractivity contribution < 1.29 is 14.0 Å². The molecule has 1 amide bonds. The summed E-state index contributed by atoms with van der Waals surface area (Å²) in [6.07, 6.45) is 0.521. The number of rotatable bonds is 2. The van der Waals surface area contributed by atoms with Gasteiger partial charge < -0.3 is 10.6 Å². The van der Waals surface area contributed by atoms with Crippen LogP contribution in [0.1, 0.15) is 23.7 Å². The average Bonchev–Trinajstić information content (AvgIpc) is 2.60. The topological polar surface area (TPSA) is 63.4 Å². The molecule has 0 bridgehead atoms. The zero-order valence-corrected chi connectivity index (χ0v) is 9.44. The quantitative estimate of drug-likeness (QED) is 0.782. The summed E-state index contributed by atoms with van der Waals surface area (Å²) in [7, 11) is 0. The van der Waals surface area contributed by atoms with Gasteiger partial charge >= 0.3 is 0 Å². The number of benzene rings is 1. The van der Waals surface area contributed by atoms with E-state index < -0.39 is 11.9 Å². The Hall–Kier alpha value is -1.75. The highest BCUT2D eigenvalue weighted by Gasteiger charge is 2.31. The van der Waals surface area contributed by atoms with Crippen molar-refractivity contribution in [2.45, 2.75) is 19.4 Å². The molecular formula is C12H13FN2O2. The summed E-state index contributed by atoms with van der Waals surface area (Å²) in [6, 6.07) is 3.55. The van der Waals surface area contributed by atoms with E-state index in [1.54, 1.807) is 0 Å². The van der Waals surface area contributed by atoms with Crippen LogP contribution in [0.2, 0.25) is 0 Å². The third-order valence-electron chi connectivity index (χ3n) is 2.89. The predicted molar refractivity (Wildman–Crippen MR) is 61.3 cm³/mol. The van der Waals surface area contributed by atoms with Crippen LogP contribution in [0.3, 0.4) is 0 Å². The second-order valence-corrected chi connectivity index (χ2v) is 4.11. The minimum Gasteiger partial charge on any atom is -0.320 e. The first-order valence-corrected chi connectivity index (χ1v) is 5.38. The van der Waals surface area contributed by atoms with Crippen molar-refractivity contribution in [1.82, 2.24) is 0 Å². The summed E-state index contributed by atoms with van der Waals surface area (Å²) in [5.41, 5.74) is 6.05. The largest absolute Gasteiger partial charge is 0.320 e. The minimum absolute atomic E-state index is 0.188. The zero-order chi connectivity index (χ0) is 12.6. The Morgan fingerprint density at radius 3 is 2.71 bits per heavy atom. The fraction of sp³-hybridized carbons (Fsp3) is 0.333. The molecule has 1 fully saturated rings. The maximum atomic E-state index is 13.8. The molecule has 1 aliphatic rings. The minimum atomic E-state index is -0.569.